The van der Waals surface area contributed by atoms with E-state index in [0.29, 0.717) is 37.4 Å². The third kappa shape index (κ3) is 6.82. The van der Waals surface area contributed by atoms with Gasteiger partial charge in [-0.3, -0.25) is 14.9 Å². The highest BCUT2D eigenvalue weighted by atomic mass is 16.5. The Balaban J connectivity index is 1.30. The highest BCUT2D eigenvalue weighted by Crippen LogP contribution is 2.27. The molecule has 4 rings (SSSR count). The molecule has 4 N–H and O–H groups in total. The zero-order chi connectivity index (χ0) is 25.3. The smallest absolute Gasteiger partial charge is 0.318 e. The molecule has 3 aromatic carbocycles. The van der Waals surface area contributed by atoms with Gasteiger partial charge in [-0.2, -0.15) is 0 Å². The number of carbonyl (C=O) groups is 3. The Hall–Kier alpha value is -3.91. The van der Waals surface area contributed by atoms with Crippen molar-refractivity contribution in [1.82, 2.24) is 15.5 Å². The molecule has 3 aromatic rings. The minimum Gasteiger partial charge on any atom is -0.493 e. The molecule has 1 heterocycles. The first-order chi connectivity index (χ1) is 17.5. The number of nitrogens with one attached hydrogen (secondary N) is 2. The molecule has 36 heavy (non-hydrogen) atoms. The standard InChI is InChI=1S/C28H32N4O4/c29-28(35)31-26(33)19-23-17-21-10-4-5-11-22(21)18-25(23)36-15-7-6-13-32-14-12-30-24(27(32)34)16-20-8-2-1-3-9-20/h1-5,8-11,17-18,24,30H,6-7,12-16,19H2,(H3,29,31,33,35)/t24-/m1/s1. The van der Waals surface area contributed by atoms with Crippen molar-refractivity contribution in [3.63, 3.8) is 0 Å². The largest absolute Gasteiger partial charge is 0.493 e. The van der Waals surface area contributed by atoms with Crippen LogP contribution in [-0.2, 0) is 22.4 Å². The van der Waals surface area contributed by atoms with Gasteiger partial charge in [-0.05, 0) is 47.7 Å². The summed E-state index contributed by atoms with van der Waals surface area (Å²) in [7, 11) is 0. The van der Waals surface area contributed by atoms with Crippen LogP contribution in [-0.4, -0.2) is 55.0 Å². The van der Waals surface area contributed by atoms with Crippen molar-refractivity contribution >= 4 is 28.6 Å². The lowest BCUT2D eigenvalue weighted by Crippen LogP contribution is -2.56. The van der Waals surface area contributed by atoms with Gasteiger partial charge in [-0.15, -0.1) is 0 Å². The molecule has 1 atom stereocenters. The highest BCUT2D eigenvalue weighted by molar-refractivity contribution is 5.95. The molecule has 8 nitrogen and oxygen atoms in total. The van der Waals surface area contributed by atoms with Gasteiger partial charge in [0.1, 0.15) is 5.75 Å². The van der Waals surface area contributed by atoms with Gasteiger partial charge in [0.25, 0.3) is 0 Å². The maximum atomic E-state index is 12.9. The van der Waals surface area contributed by atoms with Crippen molar-refractivity contribution in [2.45, 2.75) is 31.7 Å². The topological polar surface area (TPSA) is 114 Å². The number of rotatable bonds is 10. The van der Waals surface area contributed by atoms with Crippen molar-refractivity contribution in [2.24, 2.45) is 5.73 Å². The summed E-state index contributed by atoms with van der Waals surface area (Å²) < 4.78 is 6.06. The molecule has 188 valence electrons. The van der Waals surface area contributed by atoms with Crippen LogP contribution in [0.25, 0.3) is 10.8 Å². The van der Waals surface area contributed by atoms with Gasteiger partial charge in [0.05, 0.1) is 19.1 Å². The van der Waals surface area contributed by atoms with Gasteiger partial charge < -0.3 is 20.7 Å². The van der Waals surface area contributed by atoms with E-state index in [1.54, 1.807) is 0 Å². The van der Waals surface area contributed by atoms with Crippen LogP contribution in [0.15, 0.2) is 66.7 Å². The Labute approximate surface area is 210 Å². The fourth-order valence-electron chi connectivity index (χ4n) is 4.50. The Morgan fingerprint density at radius 1 is 1.03 bits per heavy atom. The summed E-state index contributed by atoms with van der Waals surface area (Å²) in [6, 6.07) is 20.6. The predicted octanol–water partition coefficient (Wildman–Crippen LogP) is 2.78. The van der Waals surface area contributed by atoms with Crippen molar-refractivity contribution in [3.8, 4) is 5.75 Å². The van der Waals surface area contributed by atoms with Crippen LogP contribution in [0.5, 0.6) is 5.75 Å². The molecule has 8 heteroatoms. The lowest BCUT2D eigenvalue weighted by atomic mass is 10.0. The fourth-order valence-corrected chi connectivity index (χ4v) is 4.50. The number of hydrogen-bond acceptors (Lipinski definition) is 5. The van der Waals surface area contributed by atoms with E-state index in [1.165, 1.54) is 0 Å². The van der Waals surface area contributed by atoms with Gasteiger partial charge in [0.15, 0.2) is 0 Å². The first-order valence-corrected chi connectivity index (χ1v) is 12.3. The number of hydrogen-bond donors (Lipinski definition) is 3. The van der Waals surface area contributed by atoms with E-state index >= 15 is 0 Å². The van der Waals surface area contributed by atoms with Gasteiger partial charge in [-0.1, -0.05) is 54.6 Å². The number of amides is 4. The van der Waals surface area contributed by atoms with E-state index in [2.05, 4.69) is 10.6 Å². The van der Waals surface area contributed by atoms with Crippen LogP contribution in [0.4, 0.5) is 4.79 Å². The molecule has 0 unspecified atom stereocenters. The maximum Gasteiger partial charge on any atom is 0.318 e. The highest BCUT2D eigenvalue weighted by Gasteiger charge is 2.27. The second-order valence-electron chi connectivity index (χ2n) is 8.97. The number of nitrogens with zero attached hydrogens (tertiary/aromatic N) is 1. The number of unbranched alkanes of at least 4 members (excludes halogenated alkanes) is 1. The third-order valence-electron chi connectivity index (χ3n) is 6.29. The molecule has 4 amide bonds. The Morgan fingerprint density at radius 2 is 1.75 bits per heavy atom. The van der Waals surface area contributed by atoms with Crippen LogP contribution >= 0.6 is 0 Å². The second kappa shape index (κ2) is 12.2. The second-order valence-corrected chi connectivity index (χ2v) is 8.97. The number of urea groups is 1. The zero-order valence-electron chi connectivity index (χ0n) is 20.2. The van der Waals surface area contributed by atoms with E-state index in [-0.39, 0.29) is 18.4 Å². The average Bonchev–Trinajstić information content (AvgIpc) is 2.86. The van der Waals surface area contributed by atoms with Crippen LogP contribution in [0.3, 0.4) is 0 Å². The maximum absolute atomic E-state index is 12.9. The monoisotopic (exact) mass is 488 g/mol. The number of fused-ring (bicyclic) bond motifs is 1. The average molecular weight is 489 g/mol. The third-order valence-corrected chi connectivity index (χ3v) is 6.29. The molecule has 1 aliphatic heterocycles. The zero-order valence-corrected chi connectivity index (χ0v) is 20.2. The molecule has 1 saturated heterocycles. The van der Waals surface area contributed by atoms with E-state index in [1.807, 2.05) is 71.6 Å². The summed E-state index contributed by atoms with van der Waals surface area (Å²) in [5.41, 5.74) is 6.91. The summed E-state index contributed by atoms with van der Waals surface area (Å²) in [5, 5.41) is 7.43. The van der Waals surface area contributed by atoms with E-state index in [0.717, 1.165) is 35.7 Å². The predicted molar refractivity (Wildman–Crippen MR) is 139 cm³/mol. The minimum absolute atomic E-state index is 0.0127. The number of nitrogens with two attached hydrogens (primary N) is 1. The molecule has 0 bridgehead atoms. The van der Waals surface area contributed by atoms with E-state index in [9.17, 15) is 14.4 Å². The first kappa shape index (κ1) is 25.2. The molecule has 0 aliphatic carbocycles. The van der Waals surface area contributed by atoms with Crippen molar-refractivity contribution in [2.75, 3.05) is 26.2 Å². The summed E-state index contributed by atoms with van der Waals surface area (Å²) in [6.07, 6.45) is 2.25. The SMILES string of the molecule is NC(=O)NC(=O)Cc1cc2ccccc2cc1OCCCCN1CCN[C@H](Cc2ccccc2)C1=O. The summed E-state index contributed by atoms with van der Waals surface area (Å²) in [6.45, 7) is 2.62. The molecule has 1 aliphatic rings. The number of piperazine rings is 1. The lowest BCUT2D eigenvalue weighted by molar-refractivity contribution is -0.135. The van der Waals surface area contributed by atoms with Crippen LogP contribution in [0, 0.1) is 0 Å². The molecular weight excluding hydrogens is 456 g/mol. The summed E-state index contributed by atoms with van der Waals surface area (Å²) in [5.74, 6) is 0.266. The summed E-state index contributed by atoms with van der Waals surface area (Å²) >= 11 is 0. The van der Waals surface area contributed by atoms with Crippen molar-refractivity contribution < 1.29 is 19.1 Å². The number of benzene rings is 3. The normalized spacial score (nSPS) is 15.6. The molecular formula is C28H32N4O4. The number of ether oxygens (including phenoxy) is 1. The van der Waals surface area contributed by atoms with Crippen LogP contribution < -0.4 is 21.1 Å². The molecule has 0 spiro atoms. The number of primary amides is 1. The number of carbonyl (C=O) groups excluding carboxylic acids is 3. The van der Waals surface area contributed by atoms with Crippen molar-refractivity contribution in [3.05, 3.63) is 77.9 Å². The van der Waals surface area contributed by atoms with Crippen LogP contribution in [0.2, 0.25) is 0 Å². The Bertz CT molecular complexity index is 1210. The lowest BCUT2D eigenvalue weighted by Gasteiger charge is -2.33. The van der Waals surface area contributed by atoms with Crippen molar-refractivity contribution in [1.29, 1.82) is 0 Å². The van der Waals surface area contributed by atoms with E-state index in [4.69, 9.17) is 10.5 Å². The van der Waals surface area contributed by atoms with Gasteiger partial charge in [0.2, 0.25) is 11.8 Å². The van der Waals surface area contributed by atoms with Gasteiger partial charge in [0, 0.05) is 25.2 Å². The molecule has 0 radical (unpaired) electrons. The van der Waals surface area contributed by atoms with Gasteiger partial charge in [-0.25, -0.2) is 4.79 Å². The molecule has 0 saturated carbocycles. The molecule has 1 fully saturated rings. The summed E-state index contributed by atoms with van der Waals surface area (Å²) in [4.78, 5) is 38.0. The molecule has 0 aromatic heterocycles. The quantitative estimate of drug-likeness (QED) is 0.380. The Kier molecular flexibility index (Phi) is 8.52. The minimum atomic E-state index is -0.878. The van der Waals surface area contributed by atoms with E-state index < -0.39 is 11.9 Å². The Morgan fingerprint density at radius 3 is 2.50 bits per heavy atom. The van der Waals surface area contributed by atoms with Crippen LogP contribution in [0.1, 0.15) is 24.0 Å². The first-order valence-electron chi connectivity index (χ1n) is 12.3. The van der Waals surface area contributed by atoms with Gasteiger partial charge >= 0.3 is 6.03 Å². The number of imide groups is 1. The fraction of sp³-hybridized carbons (Fsp3) is 0.321.